The van der Waals surface area contributed by atoms with Crippen LogP contribution in [0.3, 0.4) is 0 Å². The highest BCUT2D eigenvalue weighted by atomic mass is 16.5. The molecular weight excluding hydrogens is 378 g/mol. The molecule has 1 atom stereocenters. The van der Waals surface area contributed by atoms with E-state index < -0.39 is 0 Å². The number of imidazole rings is 1. The Morgan fingerprint density at radius 1 is 1.10 bits per heavy atom. The van der Waals surface area contributed by atoms with E-state index in [2.05, 4.69) is 49.4 Å². The first kappa shape index (κ1) is 21.2. The first-order valence-electron chi connectivity index (χ1n) is 9.95. The fourth-order valence-electron chi connectivity index (χ4n) is 3.05. The Kier molecular flexibility index (Phi) is 7.71. The van der Waals surface area contributed by atoms with Crippen LogP contribution in [0.15, 0.2) is 72.2 Å². The predicted molar refractivity (Wildman–Crippen MR) is 119 cm³/mol. The maximum atomic E-state index is 5.98. The van der Waals surface area contributed by atoms with Gasteiger partial charge in [0.2, 0.25) is 0 Å². The quantitative estimate of drug-likeness (QED) is 0.421. The lowest BCUT2D eigenvalue weighted by atomic mass is 10.1. The van der Waals surface area contributed by atoms with Crippen molar-refractivity contribution in [2.24, 2.45) is 4.99 Å². The number of nitrogens with zero attached hydrogens (tertiary/aromatic N) is 3. The van der Waals surface area contributed by atoms with Crippen LogP contribution >= 0.6 is 0 Å². The lowest BCUT2D eigenvalue weighted by Gasteiger charge is -2.19. The molecule has 0 aliphatic carbocycles. The van der Waals surface area contributed by atoms with Crippen molar-refractivity contribution in [2.75, 3.05) is 20.7 Å². The molecule has 2 N–H and O–H groups in total. The van der Waals surface area contributed by atoms with Gasteiger partial charge in [-0.25, -0.2) is 4.98 Å². The summed E-state index contributed by atoms with van der Waals surface area (Å²) < 4.78 is 13.4. The molecule has 0 aliphatic heterocycles. The van der Waals surface area contributed by atoms with Crippen molar-refractivity contribution in [2.45, 2.75) is 26.1 Å². The second kappa shape index (κ2) is 10.9. The number of nitrogens with one attached hydrogen (secondary N) is 2. The molecule has 1 heterocycles. The molecule has 1 aromatic heterocycles. The molecule has 0 spiro atoms. The molecule has 0 saturated heterocycles. The average Bonchev–Trinajstić information content (AvgIpc) is 3.27. The number of hydrogen-bond donors (Lipinski definition) is 2. The highest BCUT2D eigenvalue weighted by Crippen LogP contribution is 2.26. The van der Waals surface area contributed by atoms with Gasteiger partial charge in [-0.1, -0.05) is 36.4 Å². The smallest absolute Gasteiger partial charge is 0.191 e. The molecule has 1 unspecified atom stereocenters. The van der Waals surface area contributed by atoms with Gasteiger partial charge in [0.1, 0.15) is 6.10 Å². The van der Waals surface area contributed by atoms with Crippen molar-refractivity contribution in [3.8, 4) is 11.5 Å². The first-order valence-corrected chi connectivity index (χ1v) is 9.95. The molecule has 7 nitrogen and oxygen atoms in total. The van der Waals surface area contributed by atoms with Crippen molar-refractivity contribution in [3.63, 3.8) is 0 Å². The third-order valence-electron chi connectivity index (χ3n) is 4.55. The van der Waals surface area contributed by atoms with Gasteiger partial charge in [-0.2, -0.15) is 0 Å². The number of guanidine groups is 1. The van der Waals surface area contributed by atoms with Gasteiger partial charge in [0.05, 0.1) is 20.0 Å². The van der Waals surface area contributed by atoms with E-state index in [0.717, 1.165) is 24.0 Å². The van der Waals surface area contributed by atoms with Crippen LogP contribution in [0, 0.1) is 0 Å². The minimum absolute atomic E-state index is 0.0571. The molecule has 3 rings (SSSR count). The zero-order chi connectivity index (χ0) is 21.2. The number of para-hydroxylation sites is 2. The molecular formula is C23H29N5O2. The van der Waals surface area contributed by atoms with Crippen LogP contribution in [0.5, 0.6) is 11.5 Å². The van der Waals surface area contributed by atoms with Crippen LogP contribution < -0.4 is 20.1 Å². The molecule has 0 amide bonds. The van der Waals surface area contributed by atoms with Crippen molar-refractivity contribution >= 4 is 5.96 Å². The van der Waals surface area contributed by atoms with Gasteiger partial charge in [0, 0.05) is 32.5 Å². The van der Waals surface area contributed by atoms with Crippen LogP contribution in [0.2, 0.25) is 0 Å². The van der Waals surface area contributed by atoms with Gasteiger partial charge >= 0.3 is 0 Å². The number of hydrogen-bond acceptors (Lipinski definition) is 4. The molecule has 0 fully saturated rings. The van der Waals surface area contributed by atoms with E-state index in [1.54, 1.807) is 20.4 Å². The largest absolute Gasteiger partial charge is 0.493 e. The second-order valence-electron chi connectivity index (χ2n) is 6.94. The van der Waals surface area contributed by atoms with Crippen molar-refractivity contribution < 1.29 is 9.47 Å². The molecule has 7 heteroatoms. The Morgan fingerprint density at radius 3 is 2.63 bits per heavy atom. The molecule has 0 aliphatic rings. The summed E-state index contributed by atoms with van der Waals surface area (Å²) in [6, 6.07) is 16.1. The van der Waals surface area contributed by atoms with E-state index in [4.69, 9.17) is 9.47 Å². The topological polar surface area (TPSA) is 72.7 Å². The fraction of sp³-hybridized carbons (Fsp3) is 0.304. The van der Waals surface area contributed by atoms with Crippen molar-refractivity contribution in [1.29, 1.82) is 0 Å². The van der Waals surface area contributed by atoms with Crippen LogP contribution in [0.25, 0.3) is 0 Å². The highest BCUT2D eigenvalue weighted by molar-refractivity contribution is 5.79. The number of methoxy groups -OCH3 is 1. The minimum Gasteiger partial charge on any atom is -0.493 e. The molecule has 3 aromatic rings. The lowest BCUT2D eigenvalue weighted by molar-refractivity contribution is 0.213. The normalized spacial score (nSPS) is 12.3. The molecule has 0 radical (unpaired) electrons. The lowest BCUT2D eigenvalue weighted by Crippen LogP contribution is -2.41. The summed E-state index contributed by atoms with van der Waals surface area (Å²) in [5, 5.41) is 6.66. The molecule has 30 heavy (non-hydrogen) atoms. The number of rotatable bonds is 9. The van der Waals surface area contributed by atoms with Gasteiger partial charge < -0.3 is 24.7 Å². The van der Waals surface area contributed by atoms with E-state index in [-0.39, 0.29) is 6.10 Å². The van der Waals surface area contributed by atoms with Crippen LogP contribution in [0.1, 0.15) is 18.1 Å². The standard InChI is InChI=1S/C23H29N5O2/c1-18(30-22-10-5-4-9-21(22)29-3)14-26-23(24-2)27-15-19-7-6-8-20(13-19)16-28-12-11-25-17-28/h4-13,17-18H,14-16H2,1-3H3,(H2,24,26,27). The third kappa shape index (κ3) is 6.27. The highest BCUT2D eigenvalue weighted by Gasteiger charge is 2.09. The van der Waals surface area contributed by atoms with Gasteiger partial charge in [0.15, 0.2) is 17.5 Å². The van der Waals surface area contributed by atoms with Gasteiger partial charge in [-0.3, -0.25) is 4.99 Å². The third-order valence-corrected chi connectivity index (χ3v) is 4.55. The molecule has 158 valence electrons. The van der Waals surface area contributed by atoms with Gasteiger partial charge in [-0.05, 0) is 30.2 Å². The minimum atomic E-state index is -0.0571. The van der Waals surface area contributed by atoms with E-state index in [1.807, 2.05) is 43.7 Å². The van der Waals surface area contributed by atoms with Crippen molar-refractivity contribution in [1.82, 2.24) is 20.2 Å². The van der Waals surface area contributed by atoms with E-state index in [1.165, 1.54) is 11.1 Å². The Bertz CT molecular complexity index is 940. The number of benzene rings is 2. The molecule has 2 aromatic carbocycles. The Balaban J connectivity index is 1.48. The second-order valence-corrected chi connectivity index (χ2v) is 6.94. The van der Waals surface area contributed by atoms with Crippen molar-refractivity contribution in [3.05, 3.63) is 78.4 Å². The maximum Gasteiger partial charge on any atom is 0.191 e. The summed E-state index contributed by atoms with van der Waals surface area (Å²) in [5.41, 5.74) is 2.42. The Hall–Kier alpha value is -3.48. The zero-order valence-corrected chi connectivity index (χ0v) is 17.7. The predicted octanol–water partition coefficient (Wildman–Crippen LogP) is 3.07. The van der Waals surface area contributed by atoms with E-state index in [9.17, 15) is 0 Å². The van der Waals surface area contributed by atoms with Crippen LogP contribution in [-0.2, 0) is 13.1 Å². The Labute approximate surface area is 177 Å². The maximum absolute atomic E-state index is 5.98. The van der Waals surface area contributed by atoms with Gasteiger partial charge in [-0.15, -0.1) is 0 Å². The SMILES string of the molecule is CN=C(NCc1cccc(Cn2ccnc2)c1)NCC(C)Oc1ccccc1OC. The van der Waals surface area contributed by atoms with Crippen LogP contribution in [0.4, 0.5) is 0 Å². The average molecular weight is 408 g/mol. The molecule has 0 saturated carbocycles. The number of ether oxygens (including phenoxy) is 2. The number of aromatic nitrogens is 2. The number of aliphatic imine (C=N–C) groups is 1. The van der Waals surface area contributed by atoms with Crippen LogP contribution in [-0.4, -0.2) is 42.3 Å². The summed E-state index contributed by atoms with van der Waals surface area (Å²) in [6.45, 7) is 4.10. The fourth-order valence-corrected chi connectivity index (χ4v) is 3.05. The van der Waals surface area contributed by atoms with E-state index in [0.29, 0.717) is 13.1 Å². The first-order chi connectivity index (χ1) is 14.7. The summed E-state index contributed by atoms with van der Waals surface area (Å²) >= 11 is 0. The summed E-state index contributed by atoms with van der Waals surface area (Å²) in [5.74, 6) is 2.18. The van der Waals surface area contributed by atoms with E-state index >= 15 is 0 Å². The molecule has 0 bridgehead atoms. The summed E-state index contributed by atoms with van der Waals surface area (Å²) in [6.07, 6.45) is 5.52. The summed E-state index contributed by atoms with van der Waals surface area (Å²) in [4.78, 5) is 8.39. The Morgan fingerprint density at radius 2 is 1.90 bits per heavy atom. The van der Waals surface area contributed by atoms with Gasteiger partial charge in [0.25, 0.3) is 0 Å². The summed E-state index contributed by atoms with van der Waals surface area (Å²) in [7, 11) is 3.40. The monoisotopic (exact) mass is 407 g/mol. The zero-order valence-electron chi connectivity index (χ0n) is 17.7.